The number of sulfonamides is 1. The number of aromatic nitrogens is 2. The summed E-state index contributed by atoms with van der Waals surface area (Å²) in [5.74, 6) is 0.493. The van der Waals surface area contributed by atoms with Gasteiger partial charge in [-0.2, -0.15) is 5.10 Å². The Morgan fingerprint density at radius 2 is 2.05 bits per heavy atom. The summed E-state index contributed by atoms with van der Waals surface area (Å²) in [7, 11) is -3.35. The van der Waals surface area contributed by atoms with Crippen LogP contribution in [0.25, 0.3) is 0 Å². The van der Waals surface area contributed by atoms with Crippen molar-refractivity contribution in [2.24, 2.45) is 0 Å². The predicted octanol–water partition coefficient (Wildman–Crippen LogP) is 0.464. The van der Waals surface area contributed by atoms with Crippen molar-refractivity contribution in [2.75, 3.05) is 24.6 Å². The van der Waals surface area contributed by atoms with Gasteiger partial charge < -0.3 is 10.5 Å². The van der Waals surface area contributed by atoms with E-state index in [-0.39, 0.29) is 12.4 Å². The summed E-state index contributed by atoms with van der Waals surface area (Å²) in [4.78, 5) is 0. The molecule has 0 aliphatic heterocycles. The number of ether oxygens (including phenoxy) is 1. The molecule has 0 amide bonds. The van der Waals surface area contributed by atoms with Crippen molar-refractivity contribution >= 4 is 15.7 Å². The first kappa shape index (κ1) is 15.3. The van der Waals surface area contributed by atoms with Crippen LogP contribution >= 0.6 is 0 Å². The lowest BCUT2D eigenvalue weighted by Crippen LogP contribution is -2.31. The maximum atomic E-state index is 11.8. The van der Waals surface area contributed by atoms with Crippen LogP contribution in [-0.2, 0) is 16.6 Å². The molecule has 0 saturated carbocycles. The number of rotatable bonds is 8. The SMILES string of the molecule is Nc1ccc(OCCS(=O)(=O)NCCn2cccn2)cc1. The molecule has 2 rings (SSSR count). The fourth-order valence-electron chi connectivity index (χ4n) is 1.65. The topological polar surface area (TPSA) is 99.2 Å². The van der Waals surface area contributed by atoms with E-state index in [0.29, 0.717) is 24.5 Å². The zero-order chi connectivity index (χ0) is 15.1. The lowest BCUT2D eigenvalue weighted by Gasteiger charge is -2.08. The van der Waals surface area contributed by atoms with E-state index in [0.717, 1.165) is 0 Å². The van der Waals surface area contributed by atoms with Crippen LogP contribution in [0.5, 0.6) is 5.75 Å². The average molecular weight is 310 g/mol. The first-order valence-corrected chi connectivity index (χ1v) is 8.13. The highest BCUT2D eigenvalue weighted by atomic mass is 32.2. The average Bonchev–Trinajstić information content (AvgIpc) is 2.94. The number of hydrogen-bond acceptors (Lipinski definition) is 5. The number of nitrogens with one attached hydrogen (secondary N) is 1. The molecule has 0 unspecified atom stereocenters. The summed E-state index contributed by atoms with van der Waals surface area (Å²) >= 11 is 0. The molecule has 1 aromatic carbocycles. The molecule has 114 valence electrons. The van der Waals surface area contributed by atoms with Gasteiger partial charge in [-0.1, -0.05) is 0 Å². The third-order valence-corrected chi connectivity index (χ3v) is 4.07. The number of nitrogens with zero attached hydrogens (tertiary/aromatic N) is 2. The van der Waals surface area contributed by atoms with Crippen molar-refractivity contribution in [1.29, 1.82) is 0 Å². The van der Waals surface area contributed by atoms with Crippen molar-refractivity contribution in [3.05, 3.63) is 42.7 Å². The van der Waals surface area contributed by atoms with Gasteiger partial charge in [-0.3, -0.25) is 4.68 Å². The molecule has 2 aromatic rings. The molecule has 3 N–H and O–H groups in total. The maximum Gasteiger partial charge on any atom is 0.215 e. The van der Waals surface area contributed by atoms with Crippen LogP contribution in [0.3, 0.4) is 0 Å². The predicted molar refractivity (Wildman–Crippen MR) is 80.4 cm³/mol. The van der Waals surface area contributed by atoms with Gasteiger partial charge in [0.1, 0.15) is 12.4 Å². The fourth-order valence-corrected chi connectivity index (χ4v) is 2.50. The Morgan fingerprint density at radius 3 is 2.71 bits per heavy atom. The van der Waals surface area contributed by atoms with Crippen LogP contribution in [-0.4, -0.2) is 37.1 Å². The highest BCUT2D eigenvalue weighted by Gasteiger charge is 2.09. The van der Waals surface area contributed by atoms with E-state index in [1.165, 1.54) is 0 Å². The Hall–Kier alpha value is -2.06. The van der Waals surface area contributed by atoms with E-state index >= 15 is 0 Å². The Morgan fingerprint density at radius 1 is 1.29 bits per heavy atom. The monoisotopic (exact) mass is 310 g/mol. The number of nitrogen functional groups attached to an aromatic ring is 1. The third-order valence-electron chi connectivity index (χ3n) is 2.72. The van der Waals surface area contributed by atoms with Crippen LogP contribution < -0.4 is 15.2 Å². The van der Waals surface area contributed by atoms with Crippen LogP contribution in [0, 0.1) is 0 Å². The summed E-state index contributed by atoms with van der Waals surface area (Å²) in [5, 5.41) is 3.99. The van der Waals surface area contributed by atoms with E-state index in [9.17, 15) is 8.42 Å². The van der Waals surface area contributed by atoms with E-state index in [4.69, 9.17) is 10.5 Å². The van der Waals surface area contributed by atoms with Crippen LogP contribution in [0.1, 0.15) is 0 Å². The standard InChI is InChI=1S/C13H18N4O3S/c14-12-2-4-13(5-3-12)20-10-11-21(18,19)16-7-9-17-8-1-6-15-17/h1-6,8,16H,7,9-11,14H2. The van der Waals surface area contributed by atoms with Crippen molar-refractivity contribution in [2.45, 2.75) is 6.54 Å². The minimum atomic E-state index is -3.35. The van der Waals surface area contributed by atoms with Crippen molar-refractivity contribution in [3.63, 3.8) is 0 Å². The second kappa shape index (κ2) is 7.09. The van der Waals surface area contributed by atoms with E-state index in [1.54, 1.807) is 47.4 Å². The van der Waals surface area contributed by atoms with Gasteiger partial charge in [0, 0.05) is 24.6 Å². The first-order chi connectivity index (χ1) is 10.1. The van der Waals surface area contributed by atoms with Crippen LogP contribution in [0.15, 0.2) is 42.7 Å². The molecule has 0 aliphatic rings. The fraction of sp³-hybridized carbons (Fsp3) is 0.308. The summed E-state index contributed by atoms with van der Waals surface area (Å²) < 4.78 is 33.0. The summed E-state index contributed by atoms with van der Waals surface area (Å²) in [6.07, 6.45) is 3.42. The lowest BCUT2D eigenvalue weighted by molar-refractivity contribution is 0.340. The third kappa shape index (κ3) is 5.44. The minimum Gasteiger partial charge on any atom is -0.492 e. The Balaban J connectivity index is 1.69. The molecular weight excluding hydrogens is 292 g/mol. The first-order valence-electron chi connectivity index (χ1n) is 6.48. The van der Waals surface area contributed by atoms with Crippen molar-refractivity contribution in [3.8, 4) is 5.75 Å². The molecule has 0 atom stereocenters. The van der Waals surface area contributed by atoms with Gasteiger partial charge in [0.15, 0.2) is 0 Å². The van der Waals surface area contributed by atoms with Crippen molar-refractivity contribution < 1.29 is 13.2 Å². The minimum absolute atomic E-state index is 0.0843. The number of anilines is 1. The quantitative estimate of drug-likeness (QED) is 0.690. The molecule has 0 spiro atoms. The largest absolute Gasteiger partial charge is 0.492 e. The molecule has 1 heterocycles. The summed E-state index contributed by atoms with van der Waals surface area (Å²) in [5.41, 5.74) is 6.19. The van der Waals surface area contributed by atoms with E-state index < -0.39 is 10.0 Å². The maximum absolute atomic E-state index is 11.8. The molecular formula is C13H18N4O3S. The van der Waals surface area contributed by atoms with Gasteiger partial charge in [0.2, 0.25) is 10.0 Å². The highest BCUT2D eigenvalue weighted by Crippen LogP contribution is 2.12. The zero-order valence-corrected chi connectivity index (χ0v) is 12.3. The lowest BCUT2D eigenvalue weighted by atomic mass is 10.3. The molecule has 0 aliphatic carbocycles. The van der Waals surface area contributed by atoms with Gasteiger partial charge in [0.25, 0.3) is 0 Å². The zero-order valence-electron chi connectivity index (χ0n) is 11.5. The second-order valence-corrected chi connectivity index (χ2v) is 6.33. The molecule has 7 nitrogen and oxygen atoms in total. The molecule has 1 aromatic heterocycles. The van der Waals surface area contributed by atoms with Crippen molar-refractivity contribution in [1.82, 2.24) is 14.5 Å². The Kier molecular flexibility index (Phi) is 5.18. The molecule has 21 heavy (non-hydrogen) atoms. The molecule has 0 saturated heterocycles. The van der Waals surface area contributed by atoms with Gasteiger partial charge in [0.05, 0.1) is 12.3 Å². The molecule has 0 bridgehead atoms. The molecule has 8 heteroatoms. The highest BCUT2D eigenvalue weighted by molar-refractivity contribution is 7.89. The van der Waals surface area contributed by atoms with Gasteiger partial charge in [-0.25, -0.2) is 13.1 Å². The van der Waals surface area contributed by atoms with Gasteiger partial charge in [-0.15, -0.1) is 0 Å². The number of benzene rings is 1. The summed E-state index contributed by atoms with van der Waals surface area (Å²) in [6, 6.07) is 8.59. The number of hydrogen-bond donors (Lipinski definition) is 2. The summed E-state index contributed by atoms with van der Waals surface area (Å²) in [6.45, 7) is 0.873. The second-order valence-electron chi connectivity index (χ2n) is 4.40. The smallest absolute Gasteiger partial charge is 0.215 e. The van der Waals surface area contributed by atoms with E-state index in [1.807, 2.05) is 0 Å². The normalized spacial score (nSPS) is 11.4. The van der Waals surface area contributed by atoms with Gasteiger partial charge in [-0.05, 0) is 30.3 Å². The molecule has 0 radical (unpaired) electrons. The van der Waals surface area contributed by atoms with Crippen LogP contribution in [0.2, 0.25) is 0 Å². The van der Waals surface area contributed by atoms with Gasteiger partial charge >= 0.3 is 0 Å². The molecule has 0 fully saturated rings. The Bertz CT molecular complexity index is 639. The van der Waals surface area contributed by atoms with Crippen LogP contribution in [0.4, 0.5) is 5.69 Å². The number of nitrogens with two attached hydrogens (primary N) is 1. The Labute approximate surface area is 123 Å². The van der Waals surface area contributed by atoms with E-state index in [2.05, 4.69) is 9.82 Å².